The van der Waals surface area contributed by atoms with Gasteiger partial charge in [0.2, 0.25) is 5.91 Å². The van der Waals surface area contributed by atoms with Crippen molar-refractivity contribution in [3.63, 3.8) is 0 Å². The van der Waals surface area contributed by atoms with E-state index in [0.717, 1.165) is 21.8 Å². The van der Waals surface area contributed by atoms with Gasteiger partial charge in [-0.15, -0.1) is 0 Å². The monoisotopic (exact) mass is 428 g/mol. The van der Waals surface area contributed by atoms with Gasteiger partial charge >= 0.3 is 5.97 Å². The number of aliphatic carboxylic acids is 1. The molecule has 8 nitrogen and oxygen atoms in total. The number of benzene rings is 1. The Hall–Kier alpha value is -3.07. The molecule has 0 saturated heterocycles. The van der Waals surface area contributed by atoms with E-state index >= 15 is 0 Å². The van der Waals surface area contributed by atoms with E-state index in [0.29, 0.717) is 0 Å². The smallest absolute Gasteiger partial charge is 0.327 e. The molecule has 0 spiro atoms. The van der Waals surface area contributed by atoms with Crippen LogP contribution in [0.2, 0.25) is 0 Å². The van der Waals surface area contributed by atoms with Gasteiger partial charge in [0.15, 0.2) is 0 Å². The second kappa shape index (κ2) is 9.17. The molecule has 0 bridgehead atoms. The number of thioether (sulfide) groups is 1. The van der Waals surface area contributed by atoms with Crippen LogP contribution < -0.4 is 10.6 Å². The number of H-pyrrole nitrogens is 1. The Kier molecular flexibility index (Phi) is 6.61. The Balaban J connectivity index is 1.81. The third-order valence-electron chi connectivity index (χ3n) is 4.81. The molecule has 158 valence electrons. The van der Waals surface area contributed by atoms with Crippen LogP contribution in [0.4, 0.5) is 0 Å². The number of aromatic nitrogens is 2. The molecule has 0 saturated carbocycles. The number of nitrogens with one attached hydrogen (secondary N) is 3. The fourth-order valence-corrected chi connectivity index (χ4v) is 3.79. The maximum Gasteiger partial charge on any atom is 0.327 e. The van der Waals surface area contributed by atoms with Gasteiger partial charge in [-0.05, 0) is 24.3 Å². The molecule has 30 heavy (non-hydrogen) atoms. The first-order valence-electron chi connectivity index (χ1n) is 9.51. The fraction of sp³-hybridized carbons (Fsp3) is 0.333. The van der Waals surface area contributed by atoms with Gasteiger partial charge in [0, 0.05) is 22.0 Å². The van der Waals surface area contributed by atoms with Gasteiger partial charge in [-0.3, -0.25) is 9.59 Å². The molecule has 0 aliphatic rings. The van der Waals surface area contributed by atoms with E-state index < -0.39 is 29.9 Å². The second-order valence-electron chi connectivity index (χ2n) is 7.34. The van der Waals surface area contributed by atoms with E-state index in [1.807, 2.05) is 24.3 Å². The van der Waals surface area contributed by atoms with Crippen molar-refractivity contribution in [2.45, 2.75) is 25.9 Å². The summed E-state index contributed by atoms with van der Waals surface area (Å²) in [5, 5.41) is 16.3. The van der Waals surface area contributed by atoms with Gasteiger partial charge in [-0.1, -0.05) is 32.0 Å². The highest BCUT2D eigenvalue weighted by Gasteiger charge is 2.29. The number of carboxylic acids is 1. The van der Waals surface area contributed by atoms with Crippen LogP contribution in [0.1, 0.15) is 24.3 Å². The largest absolute Gasteiger partial charge is 0.480 e. The van der Waals surface area contributed by atoms with Crippen molar-refractivity contribution >= 4 is 51.4 Å². The van der Waals surface area contributed by atoms with E-state index in [2.05, 4.69) is 20.6 Å². The number of carboxylic acid groups (broad SMARTS) is 1. The van der Waals surface area contributed by atoms with Crippen LogP contribution in [0.25, 0.3) is 21.8 Å². The van der Waals surface area contributed by atoms with Gasteiger partial charge in [0.25, 0.3) is 5.91 Å². The summed E-state index contributed by atoms with van der Waals surface area (Å²) in [6.45, 7) is 3.57. The molecule has 3 aromatic rings. The minimum atomic E-state index is -1.11. The van der Waals surface area contributed by atoms with Crippen LogP contribution in [0.5, 0.6) is 0 Å². The summed E-state index contributed by atoms with van der Waals surface area (Å²) in [6.07, 6.45) is 3.35. The number of amides is 2. The Morgan fingerprint density at radius 2 is 1.87 bits per heavy atom. The van der Waals surface area contributed by atoms with Gasteiger partial charge in [-0.25, -0.2) is 9.78 Å². The predicted molar refractivity (Wildman–Crippen MR) is 118 cm³/mol. The lowest BCUT2D eigenvalue weighted by molar-refractivity contribution is -0.141. The number of carbonyl (C=O) groups excluding carboxylic acids is 2. The van der Waals surface area contributed by atoms with E-state index in [9.17, 15) is 19.5 Å². The molecule has 1 aromatic carbocycles. The Morgan fingerprint density at radius 1 is 1.13 bits per heavy atom. The first kappa shape index (κ1) is 21.6. The fourth-order valence-electron chi connectivity index (χ4n) is 3.23. The Bertz CT molecular complexity index is 1090. The minimum Gasteiger partial charge on any atom is -0.480 e. The molecule has 2 unspecified atom stereocenters. The zero-order valence-electron chi connectivity index (χ0n) is 16.9. The molecular formula is C21H24N4O4S. The molecule has 4 N–H and O–H groups in total. The molecule has 0 radical (unpaired) electrons. The quantitative estimate of drug-likeness (QED) is 0.437. The summed E-state index contributed by atoms with van der Waals surface area (Å²) < 4.78 is 0. The normalized spacial score (nSPS) is 13.3. The summed E-state index contributed by atoms with van der Waals surface area (Å²) in [6, 6.07) is 7.52. The van der Waals surface area contributed by atoms with E-state index in [-0.39, 0.29) is 17.4 Å². The van der Waals surface area contributed by atoms with Gasteiger partial charge in [-0.2, -0.15) is 11.8 Å². The molecular weight excluding hydrogens is 404 g/mol. The van der Waals surface area contributed by atoms with E-state index in [1.54, 1.807) is 32.4 Å². The highest BCUT2D eigenvalue weighted by Crippen LogP contribution is 2.25. The zero-order chi connectivity index (χ0) is 21.8. The molecule has 2 atom stereocenters. The lowest BCUT2D eigenvalue weighted by Crippen LogP contribution is -2.54. The minimum absolute atomic E-state index is 0.185. The maximum atomic E-state index is 12.8. The molecule has 2 amide bonds. The van der Waals surface area contributed by atoms with Crippen LogP contribution in [-0.2, 0) is 9.59 Å². The predicted octanol–water partition coefficient (Wildman–Crippen LogP) is 2.40. The summed E-state index contributed by atoms with van der Waals surface area (Å²) in [4.78, 5) is 44.3. The van der Waals surface area contributed by atoms with Crippen molar-refractivity contribution in [1.82, 2.24) is 20.6 Å². The third kappa shape index (κ3) is 4.56. The number of fused-ring (bicyclic) bond motifs is 3. The van der Waals surface area contributed by atoms with Crippen molar-refractivity contribution in [1.29, 1.82) is 0 Å². The zero-order valence-corrected chi connectivity index (χ0v) is 17.7. The number of nitrogens with zero attached hydrogens (tertiary/aromatic N) is 1. The second-order valence-corrected chi connectivity index (χ2v) is 8.25. The summed E-state index contributed by atoms with van der Waals surface area (Å²) in [7, 11) is 0. The molecule has 0 aliphatic carbocycles. The van der Waals surface area contributed by atoms with Crippen molar-refractivity contribution in [2.75, 3.05) is 12.0 Å². The third-order valence-corrected chi connectivity index (χ3v) is 5.47. The number of hydrogen-bond acceptors (Lipinski definition) is 5. The molecule has 2 aromatic heterocycles. The molecule has 0 fully saturated rings. The van der Waals surface area contributed by atoms with Crippen LogP contribution in [0, 0.1) is 5.92 Å². The van der Waals surface area contributed by atoms with Crippen molar-refractivity contribution in [3.8, 4) is 0 Å². The standard InChI is InChI=1S/C21H24N4O4S/c1-11(2)18(20(27)24-17(10-30-3)21(28)29)25-19(26)15-8-13-12-6-4-5-7-14(12)23-16(13)9-22-15/h4-9,11,17-18,23H,10H2,1-3H3,(H,24,27)(H,25,26)(H,28,29). The summed E-state index contributed by atoms with van der Waals surface area (Å²) in [5.74, 6) is -2.15. The Labute approximate surface area is 177 Å². The van der Waals surface area contributed by atoms with Crippen molar-refractivity contribution in [3.05, 3.63) is 42.2 Å². The number of hydrogen-bond donors (Lipinski definition) is 4. The molecule has 2 heterocycles. The number of carbonyl (C=O) groups is 3. The van der Waals surface area contributed by atoms with Crippen LogP contribution in [-0.4, -0.2) is 57.0 Å². The molecule has 3 rings (SSSR count). The maximum absolute atomic E-state index is 12.8. The molecule has 9 heteroatoms. The Morgan fingerprint density at radius 3 is 2.53 bits per heavy atom. The summed E-state index contributed by atoms with van der Waals surface area (Å²) in [5.41, 5.74) is 1.94. The first-order chi connectivity index (χ1) is 14.3. The first-order valence-corrected chi connectivity index (χ1v) is 10.9. The topological polar surface area (TPSA) is 124 Å². The lowest BCUT2D eigenvalue weighted by atomic mass is 10.0. The van der Waals surface area contributed by atoms with Crippen LogP contribution >= 0.6 is 11.8 Å². The average molecular weight is 429 g/mol. The van der Waals surface area contributed by atoms with Gasteiger partial charge < -0.3 is 20.7 Å². The molecule has 0 aliphatic heterocycles. The lowest BCUT2D eigenvalue weighted by Gasteiger charge is -2.23. The number of pyridine rings is 1. The highest BCUT2D eigenvalue weighted by atomic mass is 32.2. The number of para-hydroxylation sites is 1. The summed E-state index contributed by atoms with van der Waals surface area (Å²) >= 11 is 1.32. The van der Waals surface area contributed by atoms with Gasteiger partial charge in [0.1, 0.15) is 17.8 Å². The number of rotatable bonds is 8. The van der Waals surface area contributed by atoms with Crippen LogP contribution in [0.3, 0.4) is 0 Å². The SMILES string of the molecule is CSCC(NC(=O)C(NC(=O)c1cc2c(cn1)[nH]c1ccccc12)C(C)C)C(=O)O. The van der Waals surface area contributed by atoms with Crippen molar-refractivity contribution < 1.29 is 19.5 Å². The van der Waals surface area contributed by atoms with Gasteiger partial charge in [0.05, 0.1) is 11.7 Å². The highest BCUT2D eigenvalue weighted by molar-refractivity contribution is 7.98. The van der Waals surface area contributed by atoms with E-state index in [1.165, 1.54) is 11.8 Å². The van der Waals surface area contributed by atoms with E-state index in [4.69, 9.17) is 0 Å². The van der Waals surface area contributed by atoms with Crippen LogP contribution in [0.15, 0.2) is 36.5 Å². The van der Waals surface area contributed by atoms with Crippen molar-refractivity contribution in [2.24, 2.45) is 5.92 Å². The number of aromatic amines is 1. The average Bonchev–Trinajstić information content (AvgIpc) is 3.08.